The highest BCUT2D eigenvalue weighted by molar-refractivity contribution is 5.84. The molecule has 2 aromatic heterocycles. The summed E-state index contributed by atoms with van der Waals surface area (Å²) in [6.45, 7) is 1.76. The lowest BCUT2D eigenvalue weighted by Crippen LogP contribution is -2.33. The quantitative estimate of drug-likeness (QED) is 0.204. The molecule has 13 nitrogen and oxygen atoms in total. The number of nitrogens with two attached hydrogens (primary N) is 1. The second kappa shape index (κ2) is 8.92. The molecule has 13 heteroatoms. The molecule has 1 fully saturated rings. The first-order chi connectivity index (χ1) is 15.4. The number of rotatable bonds is 7. The Balaban J connectivity index is 1.58. The van der Waals surface area contributed by atoms with Gasteiger partial charge in [-0.2, -0.15) is 15.1 Å². The van der Waals surface area contributed by atoms with Crippen molar-refractivity contribution >= 4 is 29.1 Å². The van der Waals surface area contributed by atoms with E-state index < -0.39 is 31.1 Å². The number of anilines is 2. The van der Waals surface area contributed by atoms with Crippen LogP contribution in [0.1, 0.15) is 18.7 Å². The molecule has 3 aromatic rings. The number of benzene rings is 1. The van der Waals surface area contributed by atoms with Crippen molar-refractivity contribution in [2.45, 2.75) is 31.5 Å². The van der Waals surface area contributed by atoms with Crippen LogP contribution in [0.3, 0.4) is 0 Å². The Morgan fingerprint density at radius 2 is 2.12 bits per heavy atom. The number of aliphatic hydroxyl groups excluding tert-OH is 3. The summed E-state index contributed by atoms with van der Waals surface area (Å²) in [5.74, 6) is 0.488. The van der Waals surface area contributed by atoms with E-state index in [1.54, 1.807) is 12.1 Å². The minimum atomic E-state index is -1.30. The van der Waals surface area contributed by atoms with Crippen molar-refractivity contribution in [3.05, 3.63) is 30.1 Å². The van der Waals surface area contributed by atoms with Crippen molar-refractivity contribution in [1.82, 2.24) is 19.5 Å². The van der Waals surface area contributed by atoms with Gasteiger partial charge in [-0.05, 0) is 30.7 Å². The standard InChI is InChI=1S/C19H23N7O6/c1-2-31-11-5-9(3-4-10(11)28)6-22-25-19-23-16(20)13-17(24-19)26(8-21-13)18-15(30)14(29)12(7-27)32-18/h3-6,8,12,14-15,18,27-30H,2,7H2,1H3,(H3,20,23,24,25)/b22-6+/t12-,14-,15-,18-/m1/s1. The Kier molecular flexibility index (Phi) is 6.05. The molecule has 0 unspecified atom stereocenters. The molecular weight excluding hydrogens is 422 g/mol. The van der Waals surface area contributed by atoms with Gasteiger partial charge in [-0.15, -0.1) is 0 Å². The smallest absolute Gasteiger partial charge is 0.247 e. The zero-order chi connectivity index (χ0) is 22.8. The summed E-state index contributed by atoms with van der Waals surface area (Å²) < 4.78 is 12.3. The van der Waals surface area contributed by atoms with Crippen LogP contribution in [-0.4, -0.2) is 77.7 Å². The lowest BCUT2D eigenvalue weighted by Gasteiger charge is -2.16. The van der Waals surface area contributed by atoms with Crippen molar-refractivity contribution < 1.29 is 29.9 Å². The second-order valence-electron chi connectivity index (χ2n) is 7.02. The minimum Gasteiger partial charge on any atom is -0.504 e. The molecule has 1 aromatic carbocycles. The van der Waals surface area contributed by atoms with Crippen molar-refractivity contribution in [3.63, 3.8) is 0 Å². The SMILES string of the molecule is CCOc1cc(/C=N/Nc2nc(N)c3ncn([C@@H]4O[C@H](CO)[C@@H](O)[C@H]4O)c3n2)ccc1O. The van der Waals surface area contributed by atoms with E-state index in [1.807, 2.05) is 6.92 Å². The molecule has 0 aliphatic carbocycles. The summed E-state index contributed by atoms with van der Waals surface area (Å²) in [4.78, 5) is 12.6. The van der Waals surface area contributed by atoms with E-state index in [9.17, 15) is 20.4 Å². The Labute approximate surface area is 181 Å². The van der Waals surface area contributed by atoms with Gasteiger partial charge in [0.1, 0.15) is 23.8 Å². The van der Waals surface area contributed by atoms with Gasteiger partial charge in [0.2, 0.25) is 5.95 Å². The highest BCUT2D eigenvalue weighted by atomic mass is 16.6. The number of fused-ring (bicyclic) bond motifs is 1. The van der Waals surface area contributed by atoms with Gasteiger partial charge in [0, 0.05) is 0 Å². The van der Waals surface area contributed by atoms with E-state index in [2.05, 4.69) is 25.5 Å². The normalized spacial score (nSPS) is 23.2. The maximum absolute atomic E-state index is 10.3. The molecule has 4 atom stereocenters. The number of nitrogens with one attached hydrogen (secondary N) is 1. The van der Waals surface area contributed by atoms with E-state index in [-0.39, 0.29) is 28.7 Å². The lowest BCUT2D eigenvalue weighted by atomic mass is 10.1. The van der Waals surface area contributed by atoms with Crippen molar-refractivity contribution in [2.24, 2.45) is 5.10 Å². The summed E-state index contributed by atoms with van der Waals surface area (Å²) in [6, 6.07) is 4.77. The van der Waals surface area contributed by atoms with Crippen LogP contribution >= 0.6 is 0 Å². The number of nitrogens with zero attached hydrogens (tertiary/aromatic N) is 5. The van der Waals surface area contributed by atoms with Crippen molar-refractivity contribution in [1.29, 1.82) is 0 Å². The number of imidazole rings is 1. The number of phenolic OH excluding ortho intramolecular Hbond substituents is 1. The van der Waals surface area contributed by atoms with Gasteiger partial charge in [0.25, 0.3) is 0 Å². The minimum absolute atomic E-state index is 0.0247. The fraction of sp³-hybridized carbons (Fsp3) is 0.368. The van der Waals surface area contributed by atoms with Gasteiger partial charge >= 0.3 is 0 Å². The molecule has 1 aliphatic heterocycles. The zero-order valence-corrected chi connectivity index (χ0v) is 17.0. The van der Waals surface area contributed by atoms with Crippen LogP contribution in [0.4, 0.5) is 11.8 Å². The van der Waals surface area contributed by atoms with Crippen molar-refractivity contribution in [3.8, 4) is 11.5 Å². The molecule has 0 radical (unpaired) electrons. The highest BCUT2D eigenvalue weighted by Gasteiger charge is 2.44. The van der Waals surface area contributed by atoms with E-state index in [0.717, 1.165) is 0 Å². The number of aromatic nitrogens is 4. The fourth-order valence-corrected chi connectivity index (χ4v) is 3.33. The van der Waals surface area contributed by atoms with Crippen LogP contribution in [0.15, 0.2) is 29.6 Å². The molecule has 1 aliphatic rings. The third-order valence-corrected chi connectivity index (χ3v) is 4.90. The van der Waals surface area contributed by atoms with E-state index >= 15 is 0 Å². The van der Waals surface area contributed by atoms with Gasteiger partial charge in [-0.25, -0.2) is 10.4 Å². The van der Waals surface area contributed by atoms with E-state index in [0.29, 0.717) is 17.9 Å². The molecular formula is C19H23N7O6. The third kappa shape index (κ3) is 4.01. The Morgan fingerprint density at radius 1 is 1.31 bits per heavy atom. The van der Waals surface area contributed by atoms with Crippen LogP contribution in [0.2, 0.25) is 0 Å². The Bertz CT molecular complexity index is 1140. The van der Waals surface area contributed by atoms with Crippen LogP contribution in [0.25, 0.3) is 11.2 Å². The zero-order valence-electron chi connectivity index (χ0n) is 17.0. The van der Waals surface area contributed by atoms with E-state index in [4.69, 9.17) is 15.2 Å². The number of nitrogen functional groups attached to an aromatic ring is 1. The number of hydrogen-bond donors (Lipinski definition) is 6. The van der Waals surface area contributed by atoms with Gasteiger partial charge in [-0.1, -0.05) is 0 Å². The van der Waals surface area contributed by atoms with Crippen LogP contribution < -0.4 is 15.9 Å². The summed E-state index contributed by atoms with van der Waals surface area (Å²) in [5.41, 5.74) is 9.83. The molecule has 170 valence electrons. The third-order valence-electron chi connectivity index (χ3n) is 4.90. The number of hydrazone groups is 1. The molecule has 32 heavy (non-hydrogen) atoms. The Morgan fingerprint density at radius 3 is 2.84 bits per heavy atom. The van der Waals surface area contributed by atoms with Gasteiger partial charge in [-0.3, -0.25) is 4.57 Å². The van der Waals surface area contributed by atoms with Gasteiger partial charge < -0.3 is 35.6 Å². The molecule has 0 saturated carbocycles. The maximum Gasteiger partial charge on any atom is 0.247 e. The van der Waals surface area contributed by atoms with Crippen LogP contribution in [0, 0.1) is 0 Å². The predicted molar refractivity (Wildman–Crippen MR) is 113 cm³/mol. The van der Waals surface area contributed by atoms with Crippen molar-refractivity contribution in [2.75, 3.05) is 24.4 Å². The van der Waals surface area contributed by atoms with E-state index in [1.165, 1.54) is 23.2 Å². The lowest BCUT2D eigenvalue weighted by molar-refractivity contribution is -0.0511. The molecule has 3 heterocycles. The first kappa shape index (κ1) is 21.7. The number of hydrogen-bond acceptors (Lipinski definition) is 12. The Hall–Kier alpha value is -3.52. The average Bonchev–Trinajstić information content (AvgIpc) is 3.32. The molecule has 4 rings (SSSR count). The largest absolute Gasteiger partial charge is 0.504 e. The van der Waals surface area contributed by atoms with Crippen LogP contribution in [-0.2, 0) is 4.74 Å². The first-order valence-corrected chi connectivity index (χ1v) is 9.80. The summed E-state index contributed by atoms with van der Waals surface area (Å²) >= 11 is 0. The monoisotopic (exact) mass is 445 g/mol. The average molecular weight is 445 g/mol. The maximum atomic E-state index is 10.3. The van der Waals surface area contributed by atoms with Gasteiger partial charge in [0.15, 0.2) is 29.2 Å². The highest BCUT2D eigenvalue weighted by Crippen LogP contribution is 2.32. The number of aromatic hydroxyl groups is 1. The molecule has 1 saturated heterocycles. The van der Waals surface area contributed by atoms with Crippen LogP contribution in [0.5, 0.6) is 11.5 Å². The first-order valence-electron chi connectivity index (χ1n) is 9.80. The molecule has 0 bridgehead atoms. The molecule has 7 N–H and O–H groups in total. The predicted octanol–water partition coefficient (Wildman–Crippen LogP) is -0.430. The van der Waals surface area contributed by atoms with Gasteiger partial charge in [0.05, 0.1) is 25.8 Å². The number of phenols is 1. The number of aliphatic hydroxyl groups is 3. The fourth-order valence-electron chi connectivity index (χ4n) is 3.33. The summed E-state index contributed by atoms with van der Waals surface area (Å²) in [7, 11) is 0. The topological polar surface area (TPSA) is 193 Å². The number of ether oxygens (including phenoxy) is 2. The second-order valence-corrected chi connectivity index (χ2v) is 7.02. The summed E-state index contributed by atoms with van der Waals surface area (Å²) in [6.07, 6.45) is -1.70. The molecule has 0 amide bonds. The summed E-state index contributed by atoms with van der Waals surface area (Å²) in [5, 5.41) is 43.5. The molecule has 0 spiro atoms.